The van der Waals surface area contributed by atoms with Crippen LogP contribution in [-0.2, 0) is 4.74 Å². The Kier molecular flexibility index (Phi) is 5.19. The highest BCUT2D eigenvalue weighted by molar-refractivity contribution is 5.98. The van der Waals surface area contributed by atoms with E-state index in [2.05, 4.69) is 6.92 Å². The fourth-order valence-corrected chi connectivity index (χ4v) is 3.41. The van der Waals surface area contributed by atoms with Crippen LogP contribution in [-0.4, -0.2) is 47.7 Å². The van der Waals surface area contributed by atoms with E-state index in [-0.39, 0.29) is 17.0 Å². The fourth-order valence-electron chi connectivity index (χ4n) is 3.41. The number of methoxy groups -OCH3 is 1. The van der Waals surface area contributed by atoms with Gasteiger partial charge in [-0.2, -0.15) is 0 Å². The molecule has 1 unspecified atom stereocenters. The summed E-state index contributed by atoms with van der Waals surface area (Å²) in [6.07, 6.45) is 3.75. The van der Waals surface area contributed by atoms with Gasteiger partial charge in [0.25, 0.3) is 5.91 Å². The lowest BCUT2D eigenvalue weighted by atomic mass is 9.91. The molecule has 1 fully saturated rings. The first kappa shape index (κ1) is 16.5. The van der Waals surface area contributed by atoms with Crippen LogP contribution in [0.4, 0.5) is 0 Å². The Morgan fingerprint density at radius 2 is 2.09 bits per heavy atom. The molecule has 1 N–H and O–H groups in total. The first-order chi connectivity index (χ1) is 10.5. The van der Waals surface area contributed by atoms with Gasteiger partial charge >= 0.3 is 5.97 Å². The monoisotopic (exact) mass is 305 g/mol. The number of carbonyl (C=O) groups excluding carboxylic acids is 1. The van der Waals surface area contributed by atoms with E-state index >= 15 is 0 Å². The molecule has 0 bridgehead atoms. The molecule has 0 radical (unpaired) electrons. The van der Waals surface area contributed by atoms with Crippen LogP contribution in [0.25, 0.3) is 0 Å². The number of carboxylic acid groups (broad SMARTS) is 1. The van der Waals surface area contributed by atoms with E-state index in [1.54, 1.807) is 19.2 Å². The quantitative estimate of drug-likeness (QED) is 0.877. The predicted octanol–water partition coefficient (Wildman–Crippen LogP) is 2.81. The van der Waals surface area contributed by atoms with Crippen molar-refractivity contribution in [3.8, 4) is 0 Å². The van der Waals surface area contributed by atoms with E-state index in [0.717, 1.165) is 25.7 Å². The second-order valence-electron chi connectivity index (χ2n) is 5.85. The smallest absolute Gasteiger partial charge is 0.335 e. The summed E-state index contributed by atoms with van der Waals surface area (Å²) in [5.74, 6) is -1.13. The summed E-state index contributed by atoms with van der Waals surface area (Å²) < 4.78 is 5.37. The van der Waals surface area contributed by atoms with Gasteiger partial charge < -0.3 is 14.7 Å². The minimum absolute atomic E-state index is 0.105. The second-order valence-corrected chi connectivity index (χ2v) is 5.85. The molecule has 0 spiro atoms. The molecular formula is C17H23NO4. The number of carbonyl (C=O) groups is 2. The van der Waals surface area contributed by atoms with Crippen LogP contribution in [0.15, 0.2) is 24.3 Å². The highest BCUT2D eigenvalue weighted by Crippen LogP contribution is 2.35. The lowest BCUT2D eigenvalue weighted by Crippen LogP contribution is -2.50. The SMILES string of the molecule is CCCC1(COC)CCCN1C(=O)c1cccc(C(=O)O)c1. The zero-order valence-corrected chi connectivity index (χ0v) is 13.2. The van der Waals surface area contributed by atoms with Crippen molar-refractivity contribution >= 4 is 11.9 Å². The molecule has 1 atom stereocenters. The van der Waals surface area contributed by atoms with Crippen molar-refractivity contribution in [3.05, 3.63) is 35.4 Å². The van der Waals surface area contributed by atoms with Crippen LogP contribution < -0.4 is 0 Å². The number of benzene rings is 1. The van der Waals surface area contributed by atoms with Crippen LogP contribution in [0.1, 0.15) is 53.3 Å². The summed E-state index contributed by atoms with van der Waals surface area (Å²) in [6.45, 7) is 3.31. The van der Waals surface area contributed by atoms with Crippen molar-refractivity contribution in [1.29, 1.82) is 0 Å². The van der Waals surface area contributed by atoms with Crippen molar-refractivity contribution in [3.63, 3.8) is 0 Å². The first-order valence-corrected chi connectivity index (χ1v) is 7.68. The predicted molar refractivity (Wildman–Crippen MR) is 83.2 cm³/mol. The van der Waals surface area contributed by atoms with Gasteiger partial charge in [-0.25, -0.2) is 4.79 Å². The Morgan fingerprint density at radius 3 is 2.73 bits per heavy atom. The molecule has 1 aliphatic rings. The molecule has 1 aliphatic heterocycles. The number of hydrogen-bond acceptors (Lipinski definition) is 3. The van der Waals surface area contributed by atoms with Crippen LogP contribution in [0.3, 0.4) is 0 Å². The molecule has 1 aromatic carbocycles. The van der Waals surface area contributed by atoms with Crippen LogP contribution in [0.2, 0.25) is 0 Å². The van der Waals surface area contributed by atoms with E-state index in [0.29, 0.717) is 18.7 Å². The minimum atomic E-state index is -1.02. The number of rotatable bonds is 6. The van der Waals surface area contributed by atoms with Crippen LogP contribution in [0.5, 0.6) is 0 Å². The summed E-state index contributed by atoms with van der Waals surface area (Å²) in [5, 5.41) is 9.08. The topological polar surface area (TPSA) is 66.8 Å². The van der Waals surface area contributed by atoms with Gasteiger partial charge in [0.05, 0.1) is 17.7 Å². The van der Waals surface area contributed by atoms with Gasteiger partial charge in [-0.1, -0.05) is 19.4 Å². The molecule has 0 saturated carbocycles. The molecule has 0 aliphatic carbocycles. The van der Waals surface area contributed by atoms with Gasteiger partial charge in [0.15, 0.2) is 0 Å². The maximum atomic E-state index is 12.9. The van der Waals surface area contributed by atoms with Gasteiger partial charge in [-0.15, -0.1) is 0 Å². The molecule has 120 valence electrons. The van der Waals surface area contributed by atoms with E-state index in [1.165, 1.54) is 12.1 Å². The minimum Gasteiger partial charge on any atom is -0.478 e. The fraction of sp³-hybridized carbons (Fsp3) is 0.529. The number of amides is 1. The van der Waals surface area contributed by atoms with Gasteiger partial charge in [0, 0.05) is 19.2 Å². The average molecular weight is 305 g/mol. The van der Waals surface area contributed by atoms with Gasteiger partial charge in [0.1, 0.15) is 0 Å². The zero-order chi connectivity index (χ0) is 16.2. The molecule has 1 saturated heterocycles. The maximum Gasteiger partial charge on any atom is 0.335 e. The van der Waals surface area contributed by atoms with Crippen LogP contribution in [0, 0.1) is 0 Å². The van der Waals surface area contributed by atoms with Gasteiger partial charge in [-0.3, -0.25) is 4.79 Å². The number of hydrogen-bond donors (Lipinski definition) is 1. The van der Waals surface area contributed by atoms with Crippen LogP contribution >= 0.6 is 0 Å². The lowest BCUT2D eigenvalue weighted by molar-refractivity contribution is 0.0254. The van der Waals surface area contributed by atoms with E-state index < -0.39 is 5.97 Å². The van der Waals surface area contributed by atoms with E-state index in [9.17, 15) is 9.59 Å². The maximum absolute atomic E-state index is 12.9. The third-order valence-corrected chi connectivity index (χ3v) is 4.33. The first-order valence-electron chi connectivity index (χ1n) is 7.68. The average Bonchev–Trinajstić information content (AvgIpc) is 2.91. The highest BCUT2D eigenvalue weighted by atomic mass is 16.5. The summed E-state index contributed by atoms with van der Waals surface area (Å²) in [4.78, 5) is 25.8. The Labute approximate surface area is 130 Å². The molecule has 1 aromatic rings. The number of nitrogens with zero attached hydrogens (tertiary/aromatic N) is 1. The number of aromatic carboxylic acids is 1. The van der Waals surface area contributed by atoms with Crippen molar-refractivity contribution in [1.82, 2.24) is 4.90 Å². The Morgan fingerprint density at radius 1 is 1.36 bits per heavy atom. The summed E-state index contributed by atoms with van der Waals surface area (Å²) in [5.41, 5.74) is 0.302. The normalized spacial score (nSPS) is 21.1. The van der Waals surface area contributed by atoms with E-state index in [4.69, 9.17) is 9.84 Å². The molecule has 5 nitrogen and oxygen atoms in total. The molecule has 2 rings (SSSR count). The second kappa shape index (κ2) is 6.92. The van der Waals surface area contributed by atoms with Crippen molar-refractivity contribution in [2.24, 2.45) is 0 Å². The molecule has 5 heteroatoms. The lowest BCUT2D eigenvalue weighted by Gasteiger charge is -2.38. The Balaban J connectivity index is 2.30. The molecule has 0 aromatic heterocycles. The third kappa shape index (κ3) is 3.14. The Bertz CT molecular complexity index is 549. The Hall–Kier alpha value is -1.88. The standard InChI is InChI=1S/C17H23NO4/c1-3-8-17(12-22-2)9-5-10-18(17)15(19)13-6-4-7-14(11-13)16(20)21/h4,6-7,11H,3,5,8-10,12H2,1-2H3,(H,20,21). The summed E-state index contributed by atoms with van der Waals surface area (Å²) in [6, 6.07) is 6.24. The van der Waals surface area contributed by atoms with Crippen molar-refractivity contribution in [2.75, 3.05) is 20.3 Å². The summed E-state index contributed by atoms with van der Waals surface area (Å²) >= 11 is 0. The number of carboxylic acids is 1. The third-order valence-electron chi connectivity index (χ3n) is 4.33. The zero-order valence-electron chi connectivity index (χ0n) is 13.2. The number of likely N-dealkylation sites (tertiary alicyclic amines) is 1. The van der Waals surface area contributed by atoms with Gasteiger partial charge in [0.2, 0.25) is 0 Å². The largest absolute Gasteiger partial charge is 0.478 e. The van der Waals surface area contributed by atoms with Gasteiger partial charge in [-0.05, 0) is 37.5 Å². The summed E-state index contributed by atoms with van der Waals surface area (Å²) in [7, 11) is 1.66. The molecule has 1 amide bonds. The van der Waals surface area contributed by atoms with Crippen molar-refractivity contribution in [2.45, 2.75) is 38.1 Å². The molecule has 22 heavy (non-hydrogen) atoms. The molecule has 1 heterocycles. The van der Waals surface area contributed by atoms with Crippen molar-refractivity contribution < 1.29 is 19.4 Å². The molecular weight excluding hydrogens is 282 g/mol. The number of ether oxygens (including phenoxy) is 1. The van der Waals surface area contributed by atoms with E-state index in [1.807, 2.05) is 4.90 Å². The highest BCUT2D eigenvalue weighted by Gasteiger charge is 2.43.